The lowest BCUT2D eigenvalue weighted by atomic mass is 10.0. The van der Waals surface area contributed by atoms with Crippen LogP contribution in [0.3, 0.4) is 0 Å². The Morgan fingerprint density at radius 2 is 1.81 bits per heavy atom. The molecular formula is C25H31N3O3. The van der Waals surface area contributed by atoms with Crippen LogP contribution in [0.2, 0.25) is 0 Å². The van der Waals surface area contributed by atoms with E-state index in [4.69, 9.17) is 4.74 Å². The molecule has 31 heavy (non-hydrogen) atoms. The number of esters is 1. The van der Waals surface area contributed by atoms with Gasteiger partial charge in [0, 0.05) is 23.6 Å². The van der Waals surface area contributed by atoms with E-state index < -0.39 is 18.5 Å². The lowest BCUT2D eigenvalue weighted by Gasteiger charge is -2.12. The van der Waals surface area contributed by atoms with E-state index >= 15 is 0 Å². The Balaban J connectivity index is 2.01. The standard InChI is InChI=1S/C25H31N3O3/c1-16(2)14-28-18(5)11-21(19(28)6)12-22(13-26)25(30)31-15-24(29)27-23-9-7-20(8-10-23)17(3)4/h7-12,16-17H,14-15H2,1-6H3,(H,27,29)/b22-12+. The molecule has 0 unspecified atom stereocenters. The van der Waals surface area contributed by atoms with Gasteiger partial charge in [-0.1, -0.05) is 39.8 Å². The number of amides is 1. The fraction of sp³-hybridized carbons (Fsp3) is 0.400. The maximum Gasteiger partial charge on any atom is 0.349 e. The number of carbonyl (C=O) groups excluding carboxylic acids is 2. The summed E-state index contributed by atoms with van der Waals surface area (Å²) in [4.78, 5) is 24.5. The highest BCUT2D eigenvalue weighted by molar-refractivity contribution is 6.00. The average Bonchev–Trinajstić information content (AvgIpc) is 2.97. The van der Waals surface area contributed by atoms with Crippen molar-refractivity contribution in [3.05, 3.63) is 58.4 Å². The number of hydrogen-bond donors (Lipinski definition) is 1. The van der Waals surface area contributed by atoms with Gasteiger partial charge in [0.1, 0.15) is 11.6 Å². The van der Waals surface area contributed by atoms with Gasteiger partial charge in [-0.25, -0.2) is 4.79 Å². The number of carbonyl (C=O) groups is 2. The Labute approximate surface area is 184 Å². The molecule has 164 valence electrons. The molecule has 0 bridgehead atoms. The van der Waals surface area contributed by atoms with Crippen molar-refractivity contribution in [2.24, 2.45) is 5.92 Å². The summed E-state index contributed by atoms with van der Waals surface area (Å²) in [6.07, 6.45) is 1.52. The van der Waals surface area contributed by atoms with E-state index in [0.29, 0.717) is 17.5 Å². The molecule has 6 nitrogen and oxygen atoms in total. The van der Waals surface area contributed by atoms with Crippen molar-refractivity contribution in [2.45, 2.75) is 54.0 Å². The molecule has 1 amide bonds. The van der Waals surface area contributed by atoms with E-state index in [1.807, 2.05) is 50.2 Å². The molecule has 0 radical (unpaired) electrons. The van der Waals surface area contributed by atoms with Crippen molar-refractivity contribution in [2.75, 3.05) is 11.9 Å². The zero-order valence-electron chi connectivity index (χ0n) is 19.2. The van der Waals surface area contributed by atoms with Crippen molar-refractivity contribution in [3.63, 3.8) is 0 Å². The number of anilines is 1. The van der Waals surface area contributed by atoms with E-state index in [0.717, 1.165) is 23.5 Å². The molecule has 0 aliphatic carbocycles. The van der Waals surface area contributed by atoms with Gasteiger partial charge in [-0.3, -0.25) is 4.79 Å². The highest BCUT2D eigenvalue weighted by Crippen LogP contribution is 2.20. The third kappa shape index (κ3) is 6.58. The normalized spacial score (nSPS) is 11.5. The fourth-order valence-corrected chi connectivity index (χ4v) is 3.27. The van der Waals surface area contributed by atoms with Crippen LogP contribution in [0.4, 0.5) is 5.69 Å². The van der Waals surface area contributed by atoms with E-state index in [1.165, 1.54) is 11.6 Å². The number of nitrogens with one attached hydrogen (secondary N) is 1. The number of ether oxygens (including phenoxy) is 1. The zero-order valence-corrected chi connectivity index (χ0v) is 19.2. The van der Waals surface area contributed by atoms with Gasteiger partial charge in [0.05, 0.1) is 0 Å². The smallest absolute Gasteiger partial charge is 0.349 e. The van der Waals surface area contributed by atoms with Crippen LogP contribution in [0.25, 0.3) is 6.08 Å². The monoisotopic (exact) mass is 421 g/mol. The van der Waals surface area contributed by atoms with Gasteiger partial charge in [-0.05, 0) is 61.1 Å². The lowest BCUT2D eigenvalue weighted by molar-refractivity contribution is -0.142. The van der Waals surface area contributed by atoms with Crippen LogP contribution in [-0.2, 0) is 20.9 Å². The van der Waals surface area contributed by atoms with Crippen molar-refractivity contribution in [1.82, 2.24) is 4.57 Å². The van der Waals surface area contributed by atoms with Crippen molar-refractivity contribution in [3.8, 4) is 6.07 Å². The molecule has 1 N–H and O–H groups in total. The Kier molecular flexibility index (Phi) is 8.21. The molecule has 0 atom stereocenters. The Morgan fingerprint density at radius 1 is 1.16 bits per heavy atom. The number of aromatic nitrogens is 1. The molecular weight excluding hydrogens is 390 g/mol. The number of nitriles is 1. The molecule has 0 spiro atoms. The van der Waals surface area contributed by atoms with Crippen LogP contribution in [0, 0.1) is 31.1 Å². The second-order valence-electron chi connectivity index (χ2n) is 8.40. The second kappa shape index (κ2) is 10.6. The first kappa shape index (κ1) is 23.9. The molecule has 2 aromatic rings. The molecule has 1 aromatic carbocycles. The molecule has 0 saturated carbocycles. The Bertz CT molecular complexity index is 1010. The summed E-state index contributed by atoms with van der Waals surface area (Å²) in [5, 5.41) is 12.1. The third-order valence-corrected chi connectivity index (χ3v) is 5.00. The minimum Gasteiger partial charge on any atom is -0.451 e. The summed E-state index contributed by atoms with van der Waals surface area (Å²) in [6.45, 7) is 12.8. The molecule has 6 heteroatoms. The fourth-order valence-electron chi connectivity index (χ4n) is 3.27. The molecule has 0 aliphatic rings. The van der Waals surface area contributed by atoms with E-state index in [1.54, 1.807) is 0 Å². The molecule has 0 fully saturated rings. The number of aryl methyl sites for hydroxylation is 1. The first-order valence-electron chi connectivity index (χ1n) is 10.5. The Morgan fingerprint density at radius 3 is 2.35 bits per heavy atom. The number of benzene rings is 1. The first-order valence-corrected chi connectivity index (χ1v) is 10.5. The predicted octanol–water partition coefficient (Wildman–Crippen LogP) is 4.97. The minimum absolute atomic E-state index is 0.140. The van der Waals surface area contributed by atoms with Gasteiger partial charge in [-0.2, -0.15) is 5.26 Å². The summed E-state index contributed by atoms with van der Waals surface area (Å²) in [5.41, 5.74) is 4.49. The number of nitrogens with zero attached hydrogens (tertiary/aromatic N) is 2. The van der Waals surface area contributed by atoms with Crippen LogP contribution in [0.15, 0.2) is 35.9 Å². The maximum atomic E-state index is 12.3. The van der Waals surface area contributed by atoms with Gasteiger partial charge in [-0.15, -0.1) is 0 Å². The highest BCUT2D eigenvalue weighted by Gasteiger charge is 2.16. The van der Waals surface area contributed by atoms with Crippen LogP contribution < -0.4 is 5.32 Å². The average molecular weight is 422 g/mol. The van der Waals surface area contributed by atoms with E-state index in [2.05, 4.69) is 37.6 Å². The van der Waals surface area contributed by atoms with Gasteiger partial charge in [0.2, 0.25) is 0 Å². The summed E-state index contributed by atoms with van der Waals surface area (Å²) in [5.74, 6) is -0.404. The van der Waals surface area contributed by atoms with E-state index in [-0.39, 0.29) is 5.57 Å². The summed E-state index contributed by atoms with van der Waals surface area (Å²) in [7, 11) is 0. The van der Waals surface area contributed by atoms with E-state index in [9.17, 15) is 14.9 Å². The van der Waals surface area contributed by atoms with Gasteiger partial charge >= 0.3 is 5.97 Å². The summed E-state index contributed by atoms with van der Waals surface area (Å²) >= 11 is 0. The highest BCUT2D eigenvalue weighted by atomic mass is 16.5. The molecule has 2 rings (SSSR count). The lowest BCUT2D eigenvalue weighted by Crippen LogP contribution is -2.21. The largest absolute Gasteiger partial charge is 0.451 e. The SMILES string of the molecule is Cc1cc(/C=C(\C#N)C(=O)OCC(=O)Nc2ccc(C(C)C)cc2)c(C)n1CC(C)C. The summed E-state index contributed by atoms with van der Waals surface area (Å²) in [6, 6.07) is 11.3. The van der Waals surface area contributed by atoms with Crippen molar-refractivity contribution < 1.29 is 14.3 Å². The van der Waals surface area contributed by atoms with Crippen LogP contribution in [0.1, 0.15) is 56.1 Å². The summed E-state index contributed by atoms with van der Waals surface area (Å²) < 4.78 is 7.22. The number of hydrogen-bond acceptors (Lipinski definition) is 4. The zero-order chi connectivity index (χ0) is 23.1. The Hall–Kier alpha value is -3.33. The second-order valence-corrected chi connectivity index (χ2v) is 8.40. The van der Waals surface area contributed by atoms with Crippen LogP contribution >= 0.6 is 0 Å². The predicted molar refractivity (Wildman–Crippen MR) is 122 cm³/mol. The minimum atomic E-state index is -0.818. The topological polar surface area (TPSA) is 84.1 Å². The van der Waals surface area contributed by atoms with Gasteiger partial charge in [0.25, 0.3) is 5.91 Å². The molecule has 1 aromatic heterocycles. The van der Waals surface area contributed by atoms with Crippen LogP contribution in [-0.4, -0.2) is 23.1 Å². The molecule has 1 heterocycles. The first-order chi connectivity index (χ1) is 14.6. The third-order valence-electron chi connectivity index (χ3n) is 5.00. The van der Waals surface area contributed by atoms with Gasteiger partial charge < -0.3 is 14.6 Å². The van der Waals surface area contributed by atoms with Gasteiger partial charge in [0.15, 0.2) is 6.61 Å². The maximum absolute atomic E-state index is 12.3. The quantitative estimate of drug-likeness (QED) is 0.370. The molecule has 0 aliphatic heterocycles. The van der Waals surface area contributed by atoms with Crippen molar-refractivity contribution >= 4 is 23.6 Å². The number of rotatable bonds is 8. The van der Waals surface area contributed by atoms with Crippen molar-refractivity contribution in [1.29, 1.82) is 5.26 Å². The van der Waals surface area contributed by atoms with Crippen LogP contribution in [0.5, 0.6) is 0 Å². The molecule has 0 saturated heterocycles.